The van der Waals surface area contributed by atoms with Gasteiger partial charge >= 0.3 is 5.97 Å². The van der Waals surface area contributed by atoms with E-state index in [0.717, 1.165) is 34.9 Å². The Hall–Kier alpha value is -2.68. The fourth-order valence-corrected chi connectivity index (χ4v) is 3.58. The molecule has 3 heteroatoms. The lowest BCUT2D eigenvalue weighted by Gasteiger charge is -2.23. The molecule has 1 aliphatic carbocycles. The van der Waals surface area contributed by atoms with Gasteiger partial charge in [0.15, 0.2) is 5.69 Å². The van der Waals surface area contributed by atoms with Crippen LogP contribution < -0.4 is 0 Å². The highest BCUT2D eigenvalue weighted by atomic mass is 16.5. The number of carbonyl (C=O) groups excluding carboxylic acids is 1. The van der Waals surface area contributed by atoms with Gasteiger partial charge in [0.1, 0.15) is 0 Å². The highest BCUT2D eigenvalue weighted by Crippen LogP contribution is 2.39. The van der Waals surface area contributed by atoms with Crippen LogP contribution in [0.5, 0.6) is 0 Å². The third kappa shape index (κ3) is 2.28. The number of carbonyl (C=O) groups is 1. The van der Waals surface area contributed by atoms with Crippen LogP contribution in [0.4, 0.5) is 0 Å². The molecule has 0 fully saturated rings. The van der Waals surface area contributed by atoms with Crippen molar-refractivity contribution >= 4 is 16.9 Å². The number of fused-ring (bicyclic) bond motifs is 5. The van der Waals surface area contributed by atoms with E-state index in [-0.39, 0.29) is 5.97 Å². The first kappa shape index (κ1) is 14.9. The minimum Gasteiger partial charge on any atom is -0.461 e. The number of hydrogen-bond donors (Lipinski definition) is 0. The molecule has 0 N–H and O–H groups in total. The summed E-state index contributed by atoms with van der Waals surface area (Å²) in [6, 6.07) is 14.6. The van der Waals surface area contributed by atoms with Crippen LogP contribution in [0, 0.1) is 6.92 Å². The van der Waals surface area contributed by atoms with Gasteiger partial charge in [0.05, 0.1) is 12.1 Å². The van der Waals surface area contributed by atoms with Crippen molar-refractivity contribution in [2.24, 2.45) is 0 Å². The zero-order chi connectivity index (χ0) is 16.7. The summed E-state index contributed by atoms with van der Waals surface area (Å²) in [5.41, 5.74) is 7.21. The summed E-state index contributed by atoms with van der Waals surface area (Å²) in [4.78, 5) is 17.1. The lowest BCUT2D eigenvalue weighted by atomic mass is 9.82. The number of benzene rings is 2. The molecule has 1 aliphatic rings. The van der Waals surface area contributed by atoms with Gasteiger partial charge in [0.25, 0.3) is 0 Å². The molecule has 4 rings (SSSR count). The molecule has 3 aromatic rings. The first-order valence-electron chi connectivity index (χ1n) is 8.37. The fourth-order valence-electron chi connectivity index (χ4n) is 3.58. The monoisotopic (exact) mass is 317 g/mol. The molecule has 1 aromatic heterocycles. The van der Waals surface area contributed by atoms with E-state index < -0.39 is 0 Å². The van der Waals surface area contributed by atoms with Crippen LogP contribution >= 0.6 is 0 Å². The lowest BCUT2D eigenvalue weighted by Crippen LogP contribution is -2.15. The van der Waals surface area contributed by atoms with Crippen LogP contribution in [0.1, 0.15) is 34.1 Å². The van der Waals surface area contributed by atoms with Crippen molar-refractivity contribution < 1.29 is 9.53 Å². The van der Waals surface area contributed by atoms with E-state index in [1.54, 1.807) is 0 Å². The van der Waals surface area contributed by atoms with Crippen molar-refractivity contribution in [3.8, 4) is 11.1 Å². The number of nitrogens with zero attached hydrogens (tertiary/aromatic N) is 1. The third-order valence-corrected chi connectivity index (χ3v) is 4.64. The van der Waals surface area contributed by atoms with Crippen molar-refractivity contribution in [2.75, 3.05) is 6.61 Å². The van der Waals surface area contributed by atoms with Crippen LogP contribution in [-0.4, -0.2) is 17.6 Å². The number of rotatable bonds is 2. The second-order valence-corrected chi connectivity index (χ2v) is 6.21. The third-order valence-electron chi connectivity index (χ3n) is 4.64. The number of aromatic nitrogens is 1. The molecule has 24 heavy (non-hydrogen) atoms. The summed E-state index contributed by atoms with van der Waals surface area (Å²) >= 11 is 0. The van der Waals surface area contributed by atoms with E-state index in [9.17, 15) is 4.79 Å². The summed E-state index contributed by atoms with van der Waals surface area (Å²) in [5, 5.41) is 1.12. The molecule has 0 atom stereocenters. The van der Waals surface area contributed by atoms with Gasteiger partial charge in [-0.25, -0.2) is 9.78 Å². The maximum Gasteiger partial charge on any atom is 0.357 e. The van der Waals surface area contributed by atoms with E-state index in [2.05, 4.69) is 42.2 Å². The Morgan fingerprint density at radius 2 is 2.00 bits per heavy atom. The van der Waals surface area contributed by atoms with Gasteiger partial charge in [0.2, 0.25) is 0 Å². The van der Waals surface area contributed by atoms with Gasteiger partial charge in [-0.15, -0.1) is 0 Å². The van der Waals surface area contributed by atoms with E-state index in [1.807, 2.05) is 19.1 Å². The molecule has 3 nitrogen and oxygen atoms in total. The van der Waals surface area contributed by atoms with Gasteiger partial charge in [-0.2, -0.15) is 0 Å². The largest absolute Gasteiger partial charge is 0.461 e. The van der Waals surface area contributed by atoms with Crippen molar-refractivity contribution in [1.82, 2.24) is 4.98 Å². The second kappa shape index (κ2) is 5.75. The van der Waals surface area contributed by atoms with Crippen LogP contribution in [-0.2, 0) is 17.6 Å². The Labute approximate surface area is 141 Å². The van der Waals surface area contributed by atoms with Gasteiger partial charge in [-0.1, -0.05) is 35.9 Å². The molecule has 0 saturated heterocycles. The molecule has 0 amide bonds. The minimum atomic E-state index is -0.324. The van der Waals surface area contributed by atoms with Crippen LogP contribution in [0.25, 0.3) is 22.0 Å². The van der Waals surface area contributed by atoms with Crippen molar-refractivity contribution in [3.63, 3.8) is 0 Å². The Morgan fingerprint density at radius 1 is 1.17 bits per heavy atom. The van der Waals surface area contributed by atoms with Gasteiger partial charge in [0, 0.05) is 5.39 Å². The van der Waals surface area contributed by atoms with Gasteiger partial charge in [-0.3, -0.25) is 0 Å². The summed E-state index contributed by atoms with van der Waals surface area (Å²) in [6.45, 7) is 4.27. The normalized spacial score (nSPS) is 12.6. The first-order valence-corrected chi connectivity index (χ1v) is 8.37. The van der Waals surface area contributed by atoms with E-state index >= 15 is 0 Å². The summed E-state index contributed by atoms with van der Waals surface area (Å²) in [6.07, 6.45) is 1.74. The number of aryl methyl sites for hydroxylation is 2. The van der Waals surface area contributed by atoms with Gasteiger partial charge < -0.3 is 4.74 Å². The topological polar surface area (TPSA) is 39.2 Å². The maximum atomic E-state index is 12.5. The van der Waals surface area contributed by atoms with Crippen molar-refractivity contribution in [2.45, 2.75) is 26.7 Å². The molecular formula is C21H19NO2. The van der Waals surface area contributed by atoms with E-state index in [4.69, 9.17) is 4.74 Å². The first-order chi connectivity index (χ1) is 11.7. The quantitative estimate of drug-likeness (QED) is 0.654. The molecular weight excluding hydrogens is 298 g/mol. The minimum absolute atomic E-state index is 0.324. The Kier molecular flexibility index (Phi) is 3.57. The molecule has 2 aromatic carbocycles. The zero-order valence-electron chi connectivity index (χ0n) is 13.9. The molecule has 1 heterocycles. The zero-order valence-corrected chi connectivity index (χ0v) is 13.9. The van der Waals surface area contributed by atoms with Crippen LogP contribution in [0.2, 0.25) is 0 Å². The molecule has 0 radical (unpaired) electrons. The Bertz CT molecular complexity index is 959. The lowest BCUT2D eigenvalue weighted by molar-refractivity contribution is 0.0518. The van der Waals surface area contributed by atoms with E-state index in [0.29, 0.717) is 12.3 Å². The van der Waals surface area contributed by atoms with Crippen molar-refractivity contribution in [3.05, 3.63) is 64.8 Å². The van der Waals surface area contributed by atoms with E-state index in [1.165, 1.54) is 16.7 Å². The summed E-state index contributed by atoms with van der Waals surface area (Å²) in [5.74, 6) is -0.324. The summed E-state index contributed by atoms with van der Waals surface area (Å²) < 4.78 is 5.25. The number of pyridine rings is 1. The Balaban J connectivity index is 2.09. The maximum absolute atomic E-state index is 12.5. The molecule has 120 valence electrons. The highest BCUT2D eigenvalue weighted by Gasteiger charge is 2.26. The average Bonchev–Trinajstić information content (AvgIpc) is 2.60. The number of ether oxygens (including phenoxy) is 1. The second-order valence-electron chi connectivity index (χ2n) is 6.21. The smallest absolute Gasteiger partial charge is 0.357 e. The fraction of sp³-hybridized carbons (Fsp3) is 0.238. The molecule has 0 saturated carbocycles. The predicted octanol–water partition coefficient (Wildman–Crippen LogP) is 4.49. The van der Waals surface area contributed by atoms with Crippen molar-refractivity contribution in [1.29, 1.82) is 0 Å². The molecule has 0 aliphatic heterocycles. The average molecular weight is 317 g/mol. The number of esters is 1. The molecule has 0 spiro atoms. The standard InChI is InChI=1S/C21H19NO2/c1-3-24-21(23)20-16-10-9-14-6-4-5-7-15(14)19(16)17-12-13(2)8-11-18(17)22-20/h4-8,11-12H,3,9-10H2,1-2H3. The Morgan fingerprint density at radius 3 is 2.83 bits per heavy atom. The van der Waals surface area contributed by atoms with Crippen LogP contribution in [0.15, 0.2) is 42.5 Å². The molecule has 0 bridgehead atoms. The SMILES string of the molecule is CCOC(=O)c1nc2ccc(C)cc2c2c1CCc1ccccc1-2. The summed E-state index contributed by atoms with van der Waals surface area (Å²) in [7, 11) is 0. The highest BCUT2D eigenvalue weighted by molar-refractivity contribution is 6.03. The predicted molar refractivity (Wildman–Crippen MR) is 95.3 cm³/mol. The number of hydrogen-bond acceptors (Lipinski definition) is 3. The van der Waals surface area contributed by atoms with Gasteiger partial charge in [-0.05, 0) is 61.1 Å². The van der Waals surface area contributed by atoms with Crippen LogP contribution in [0.3, 0.4) is 0 Å². The molecule has 0 unspecified atom stereocenters.